The molecule has 0 spiro atoms. The van der Waals surface area contributed by atoms with Crippen LogP contribution in [0.5, 0.6) is 0 Å². The summed E-state index contributed by atoms with van der Waals surface area (Å²) < 4.78 is 0. The minimum atomic E-state index is 0.566. The molecule has 0 heterocycles. The van der Waals surface area contributed by atoms with E-state index in [0.717, 1.165) is 5.57 Å². The van der Waals surface area contributed by atoms with E-state index >= 15 is 0 Å². The van der Waals surface area contributed by atoms with Gasteiger partial charge in [-0.3, -0.25) is 0 Å². The summed E-state index contributed by atoms with van der Waals surface area (Å²) in [4.78, 5) is 0. The lowest BCUT2D eigenvalue weighted by Crippen LogP contribution is -2.04. The topological polar surface area (TPSA) is 26.0 Å². The first-order valence-corrected chi connectivity index (χ1v) is 2.61. The zero-order chi connectivity index (χ0) is 5.98. The molecule has 0 saturated heterocycles. The first kappa shape index (κ1) is 5.32. The third-order valence-electron chi connectivity index (χ3n) is 1.21. The van der Waals surface area contributed by atoms with Gasteiger partial charge in [0.05, 0.1) is 0 Å². The summed E-state index contributed by atoms with van der Waals surface area (Å²) in [6.07, 6.45) is 6.00. The van der Waals surface area contributed by atoms with Crippen LogP contribution in [0.25, 0.3) is 0 Å². The highest BCUT2D eigenvalue weighted by Crippen LogP contribution is 2.14. The van der Waals surface area contributed by atoms with Gasteiger partial charge in [-0.05, 0) is 11.1 Å². The maximum Gasteiger partial charge on any atom is 0.0178 e. The van der Waals surface area contributed by atoms with Crippen molar-refractivity contribution in [3.63, 3.8) is 0 Å². The summed E-state index contributed by atoms with van der Waals surface area (Å²) in [5.74, 6) is 0. The fraction of sp³-hybridized carbons (Fsp3) is 0.143. The Morgan fingerprint density at radius 3 is 2.50 bits per heavy atom. The predicted octanol–water partition coefficient (Wildman–Crippen LogP) is 0.998. The van der Waals surface area contributed by atoms with Gasteiger partial charge < -0.3 is 5.73 Å². The molecule has 0 saturated carbocycles. The van der Waals surface area contributed by atoms with E-state index in [4.69, 9.17) is 5.73 Å². The van der Waals surface area contributed by atoms with E-state index in [-0.39, 0.29) is 0 Å². The van der Waals surface area contributed by atoms with E-state index in [1.807, 2.05) is 18.2 Å². The van der Waals surface area contributed by atoms with E-state index in [9.17, 15) is 0 Å². The highest BCUT2D eigenvalue weighted by Gasteiger charge is 1.98. The summed E-state index contributed by atoms with van der Waals surface area (Å²) in [6, 6.07) is 0. The Kier molecular flexibility index (Phi) is 1.31. The molecule has 0 atom stereocenters. The first-order valence-electron chi connectivity index (χ1n) is 2.61. The van der Waals surface area contributed by atoms with Crippen LogP contribution in [0, 0.1) is 0 Å². The molecule has 0 bridgehead atoms. The summed E-state index contributed by atoms with van der Waals surface area (Å²) >= 11 is 0. The smallest absolute Gasteiger partial charge is 0.0178 e. The number of rotatable bonds is 2. The second-order valence-corrected chi connectivity index (χ2v) is 1.79. The second kappa shape index (κ2) is 1.97. The molecule has 1 heteroatoms. The molecule has 8 heavy (non-hydrogen) atoms. The monoisotopic (exact) mass is 107 g/mol. The van der Waals surface area contributed by atoms with Crippen LogP contribution >= 0.6 is 0 Å². The largest absolute Gasteiger partial charge is 0.326 e. The zero-order valence-corrected chi connectivity index (χ0v) is 4.72. The Morgan fingerprint density at radius 2 is 2.38 bits per heavy atom. The highest BCUT2D eigenvalue weighted by atomic mass is 14.5. The second-order valence-electron chi connectivity index (χ2n) is 1.79. The number of allylic oxidation sites excluding steroid dienone is 3. The van der Waals surface area contributed by atoms with Crippen molar-refractivity contribution in [2.24, 2.45) is 5.73 Å². The molecule has 0 aromatic heterocycles. The lowest BCUT2D eigenvalue weighted by molar-refractivity contribution is 1.16. The number of hydrogen-bond acceptors (Lipinski definition) is 1. The van der Waals surface area contributed by atoms with Crippen molar-refractivity contribution >= 4 is 0 Å². The number of hydrogen-bond donors (Lipinski definition) is 1. The maximum absolute atomic E-state index is 5.31. The van der Waals surface area contributed by atoms with Gasteiger partial charge in [0.15, 0.2) is 0 Å². The van der Waals surface area contributed by atoms with Crippen LogP contribution in [-0.2, 0) is 0 Å². The van der Waals surface area contributed by atoms with Crippen molar-refractivity contribution in [3.8, 4) is 0 Å². The summed E-state index contributed by atoms with van der Waals surface area (Å²) in [5.41, 5.74) is 7.52. The Labute approximate surface area is 49.2 Å². The Morgan fingerprint density at radius 1 is 1.75 bits per heavy atom. The van der Waals surface area contributed by atoms with Crippen molar-refractivity contribution in [1.82, 2.24) is 0 Å². The van der Waals surface area contributed by atoms with Gasteiger partial charge in [-0.15, -0.1) is 0 Å². The quantitative estimate of drug-likeness (QED) is 0.559. The predicted molar refractivity (Wildman–Crippen MR) is 35.4 cm³/mol. The van der Waals surface area contributed by atoms with Gasteiger partial charge in [0.2, 0.25) is 0 Å². The highest BCUT2D eigenvalue weighted by molar-refractivity contribution is 5.48. The van der Waals surface area contributed by atoms with Gasteiger partial charge >= 0.3 is 0 Å². The molecule has 0 aliphatic heterocycles. The van der Waals surface area contributed by atoms with E-state index in [1.165, 1.54) is 5.57 Å². The van der Waals surface area contributed by atoms with Crippen molar-refractivity contribution in [3.05, 3.63) is 36.0 Å². The standard InChI is InChI=1S/C7H9N/c1-6(5-8)7-3-2-4-7/h2-4H,1,5,8H2. The molecule has 0 radical (unpaired) electrons. The van der Waals surface area contributed by atoms with Crippen LogP contribution in [0.1, 0.15) is 0 Å². The molecule has 1 nitrogen and oxygen atoms in total. The third-order valence-corrected chi connectivity index (χ3v) is 1.21. The minimum absolute atomic E-state index is 0.566. The van der Waals surface area contributed by atoms with Crippen molar-refractivity contribution < 1.29 is 0 Å². The van der Waals surface area contributed by atoms with Crippen LogP contribution in [-0.4, -0.2) is 6.54 Å². The van der Waals surface area contributed by atoms with Gasteiger partial charge in [0.25, 0.3) is 0 Å². The molecular weight excluding hydrogens is 98.1 g/mol. The molecule has 1 aliphatic rings. The van der Waals surface area contributed by atoms with Crippen LogP contribution in [0.3, 0.4) is 0 Å². The summed E-state index contributed by atoms with van der Waals surface area (Å²) in [7, 11) is 0. The van der Waals surface area contributed by atoms with Gasteiger partial charge in [-0.2, -0.15) is 0 Å². The SMILES string of the molecule is C=C(CN)C1=CC=C1. The number of nitrogens with two attached hydrogens (primary N) is 1. The molecule has 1 aliphatic carbocycles. The molecule has 2 N–H and O–H groups in total. The molecule has 0 fully saturated rings. The normalized spacial score (nSPS) is 14.9. The van der Waals surface area contributed by atoms with Crippen LogP contribution < -0.4 is 5.73 Å². The molecule has 0 unspecified atom stereocenters. The van der Waals surface area contributed by atoms with Crippen LogP contribution in [0.4, 0.5) is 0 Å². The summed E-state index contributed by atoms with van der Waals surface area (Å²) in [5, 5.41) is 0. The van der Waals surface area contributed by atoms with Gasteiger partial charge in [0.1, 0.15) is 0 Å². The fourth-order valence-corrected chi connectivity index (χ4v) is 0.546. The molecule has 0 aromatic carbocycles. The molecular formula is C7H9N. The van der Waals surface area contributed by atoms with E-state index in [0.29, 0.717) is 6.54 Å². The molecule has 42 valence electrons. The van der Waals surface area contributed by atoms with Crippen LogP contribution in [0.15, 0.2) is 36.0 Å². The average molecular weight is 107 g/mol. The van der Waals surface area contributed by atoms with E-state index < -0.39 is 0 Å². The van der Waals surface area contributed by atoms with Gasteiger partial charge in [-0.25, -0.2) is 0 Å². The molecule has 0 amide bonds. The van der Waals surface area contributed by atoms with Crippen molar-refractivity contribution in [2.45, 2.75) is 0 Å². The van der Waals surface area contributed by atoms with E-state index in [1.54, 1.807) is 0 Å². The van der Waals surface area contributed by atoms with Crippen molar-refractivity contribution in [1.29, 1.82) is 0 Å². The first-order chi connectivity index (χ1) is 3.84. The third kappa shape index (κ3) is 0.724. The zero-order valence-electron chi connectivity index (χ0n) is 4.72. The Balaban J connectivity index is 2.48. The fourth-order valence-electron chi connectivity index (χ4n) is 0.546. The minimum Gasteiger partial charge on any atom is -0.326 e. The molecule has 1 rings (SSSR count). The van der Waals surface area contributed by atoms with Crippen LogP contribution in [0.2, 0.25) is 0 Å². The lowest BCUT2D eigenvalue weighted by Gasteiger charge is -2.06. The lowest BCUT2D eigenvalue weighted by atomic mass is 10.0. The molecule has 0 aromatic rings. The Bertz CT molecular complexity index is 163. The van der Waals surface area contributed by atoms with Gasteiger partial charge in [-0.1, -0.05) is 24.8 Å². The Hall–Kier alpha value is -0.820. The van der Waals surface area contributed by atoms with E-state index in [2.05, 4.69) is 6.58 Å². The summed E-state index contributed by atoms with van der Waals surface area (Å²) in [6.45, 7) is 4.32. The van der Waals surface area contributed by atoms with Gasteiger partial charge in [0, 0.05) is 6.54 Å². The maximum atomic E-state index is 5.31. The van der Waals surface area contributed by atoms with Crippen molar-refractivity contribution in [2.75, 3.05) is 6.54 Å². The average Bonchev–Trinajstić information content (AvgIpc) is 1.62.